The van der Waals surface area contributed by atoms with Crippen LogP contribution in [0.1, 0.15) is 76.8 Å². The molecule has 1 aromatic rings. The molecule has 3 nitrogen and oxygen atoms in total. The van der Waals surface area contributed by atoms with Gasteiger partial charge in [-0.3, -0.25) is 0 Å². The summed E-state index contributed by atoms with van der Waals surface area (Å²) < 4.78 is 5.50. The summed E-state index contributed by atoms with van der Waals surface area (Å²) in [5, 5.41) is 0. The fourth-order valence-corrected chi connectivity index (χ4v) is 3.09. The monoisotopic (exact) mass is 317 g/mol. The molecule has 1 fully saturated rings. The Labute approximate surface area is 141 Å². The van der Waals surface area contributed by atoms with Crippen molar-refractivity contribution in [2.75, 3.05) is 13.1 Å². The van der Waals surface area contributed by atoms with E-state index in [1.54, 1.807) is 0 Å². The molecule has 0 bridgehead atoms. The van der Waals surface area contributed by atoms with E-state index in [0.717, 1.165) is 32.4 Å². The second kappa shape index (κ2) is 7.37. The summed E-state index contributed by atoms with van der Waals surface area (Å²) in [4.78, 5) is 14.1. The van der Waals surface area contributed by atoms with E-state index in [4.69, 9.17) is 4.74 Å². The molecule has 0 unspecified atom stereocenters. The highest BCUT2D eigenvalue weighted by molar-refractivity contribution is 5.68. The van der Waals surface area contributed by atoms with Crippen molar-refractivity contribution >= 4 is 6.09 Å². The van der Waals surface area contributed by atoms with E-state index >= 15 is 0 Å². The highest BCUT2D eigenvalue weighted by atomic mass is 16.6. The van der Waals surface area contributed by atoms with Gasteiger partial charge < -0.3 is 9.64 Å². The molecular weight excluding hydrogens is 286 g/mol. The van der Waals surface area contributed by atoms with E-state index in [0.29, 0.717) is 11.8 Å². The first-order valence-corrected chi connectivity index (χ1v) is 8.84. The average molecular weight is 317 g/mol. The minimum absolute atomic E-state index is 0.173. The zero-order chi connectivity index (χ0) is 17.0. The van der Waals surface area contributed by atoms with Crippen molar-refractivity contribution in [3.8, 4) is 0 Å². The molecule has 0 radical (unpaired) electrons. The smallest absolute Gasteiger partial charge is 0.410 e. The predicted molar refractivity (Wildman–Crippen MR) is 94.9 cm³/mol. The van der Waals surface area contributed by atoms with Gasteiger partial charge in [0.1, 0.15) is 5.60 Å². The van der Waals surface area contributed by atoms with Crippen LogP contribution in [0.2, 0.25) is 0 Å². The van der Waals surface area contributed by atoms with Crippen molar-refractivity contribution in [3.05, 3.63) is 35.4 Å². The molecule has 1 saturated heterocycles. The molecule has 2 rings (SSSR count). The fourth-order valence-electron chi connectivity index (χ4n) is 3.09. The first-order valence-electron chi connectivity index (χ1n) is 8.84. The van der Waals surface area contributed by atoms with Gasteiger partial charge in [-0.15, -0.1) is 0 Å². The Morgan fingerprint density at radius 1 is 1.13 bits per heavy atom. The van der Waals surface area contributed by atoms with Gasteiger partial charge in [0.2, 0.25) is 0 Å². The lowest BCUT2D eigenvalue weighted by Gasteiger charge is -2.26. The molecule has 3 heteroatoms. The summed E-state index contributed by atoms with van der Waals surface area (Å²) >= 11 is 0. The van der Waals surface area contributed by atoms with E-state index in [9.17, 15) is 4.79 Å². The molecule has 0 spiro atoms. The Bertz CT molecular complexity index is 513. The summed E-state index contributed by atoms with van der Waals surface area (Å²) in [6, 6.07) is 9.03. The first kappa shape index (κ1) is 17.8. The number of nitrogens with zero attached hydrogens (tertiary/aromatic N) is 1. The van der Waals surface area contributed by atoms with Crippen molar-refractivity contribution in [2.24, 2.45) is 0 Å². The van der Waals surface area contributed by atoms with Gasteiger partial charge in [0, 0.05) is 13.1 Å². The van der Waals surface area contributed by atoms with Crippen LogP contribution in [0, 0.1) is 0 Å². The van der Waals surface area contributed by atoms with Gasteiger partial charge in [-0.2, -0.15) is 0 Å². The normalized spacial score (nSPS) is 19.6. The number of benzene rings is 1. The van der Waals surface area contributed by atoms with Gasteiger partial charge in [-0.25, -0.2) is 4.79 Å². The van der Waals surface area contributed by atoms with Crippen molar-refractivity contribution in [2.45, 2.75) is 71.3 Å². The highest BCUT2D eigenvalue weighted by Gasteiger charge is 2.25. The molecule has 1 amide bonds. The van der Waals surface area contributed by atoms with Gasteiger partial charge in [-0.05, 0) is 63.0 Å². The lowest BCUT2D eigenvalue weighted by molar-refractivity contribution is 0.0256. The molecule has 1 aromatic carbocycles. The number of ether oxygens (including phenoxy) is 1. The third-order valence-electron chi connectivity index (χ3n) is 4.45. The predicted octanol–water partition coefficient (Wildman–Crippen LogP) is 5.31. The molecule has 0 N–H and O–H groups in total. The van der Waals surface area contributed by atoms with Crippen LogP contribution in [0.4, 0.5) is 4.79 Å². The van der Waals surface area contributed by atoms with Crippen LogP contribution < -0.4 is 0 Å². The molecule has 0 saturated carbocycles. The fraction of sp³-hybridized carbons (Fsp3) is 0.650. The second-order valence-corrected chi connectivity index (χ2v) is 7.92. The van der Waals surface area contributed by atoms with Crippen molar-refractivity contribution in [3.63, 3.8) is 0 Å². The summed E-state index contributed by atoms with van der Waals surface area (Å²) in [6.07, 6.45) is 3.02. The Balaban J connectivity index is 1.97. The lowest BCUT2D eigenvalue weighted by atomic mass is 9.90. The number of carbonyl (C=O) groups is 1. The number of carbonyl (C=O) groups excluding carboxylic acids is 1. The van der Waals surface area contributed by atoms with Gasteiger partial charge in [0.05, 0.1) is 0 Å². The van der Waals surface area contributed by atoms with Crippen LogP contribution in [0.25, 0.3) is 0 Å². The third-order valence-corrected chi connectivity index (χ3v) is 4.45. The summed E-state index contributed by atoms with van der Waals surface area (Å²) in [6.45, 7) is 11.8. The Morgan fingerprint density at radius 2 is 1.78 bits per heavy atom. The number of rotatable bonds is 2. The average Bonchev–Trinajstić information content (AvgIpc) is 2.71. The first-order chi connectivity index (χ1) is 10.8. The molecule has 0 aliphatic carbocycles. The van der Waals surface area contributed by atoms with Gasteiger partial charge in [0.15, 0.2) is 0 Å². The van der Waals surface area contributed by atoms with E-state index < -0.39 is 5.60 Å². The SMILES string of the molecule is CC(C)c1ccc([C@@H]2CCCN(C(=O)OC(C)(C)C)CC2)cc1. The minimum Gasteiger partial charge on any atom is -0.444 e. The lowest BCUT2D eigenvalue weighted by Crippen LogP contribution is -2.37. The van der Waals surface area contributed by atoms with Gasteiger partial charge >= 0.3 is 6.09 Å². The van der Waals surface area contributed by atoms with E-state index in [-0.39, 0.29) is 6.09 Å². The van der Waals surface area contributed by atoms with Crippen molar-refractivity contribution in [1.82, 2.24) is 4.90 Å². The van der Waals surface area contributed by atoms with Gasteiger partial charge in [0.25, 0.3) is 0 Å². The molecule has 1 aliphatic rings. The summed E-state index contributed by atoms with van der Waals surface area (Å²) in [5.41, 5.74) is 2.37. The second-order valence-electron chi connectivity index (χ2n) is 7.92. The maximum Gasteiger partial charge on any atom is 0.410 e. The molecule has 0 aromatic heterocycles. The Kier molecular flexibility index (Phi) is 5.72. The van der Waals surface area contributed by atoms with E-state index in [1.807, 2.05) is 25.7 Å². The molecule has 1 aliphatic heterocycles. The zero-order valence-electron chi connectivity index (χ0n) is 15.3. The van der Waals surface area contributed by atoms with Crippen LogP contribution in [-0.2, 0) is 4.74 Å². The van der Waals surface area contributed by atoms with Crippen LogP contribution in [-0.4, -0.2) is 29.7 Å². The number of likely N-dealkylation sites (tertiary alicyclic amines) is 1. The standard InChI is InChI=1S/C20H31NO2/c1-15(2)16-8-10-18(11-9-16)17-7-6-13-21(14-12-17)19(22)23-20(3,4)5/h8-11,15,17H,6-7,12-14H2,1-5H3/t17-/m1/s1. The van der Waals surface area contributed by atoms with Gasteiger partial charge in [-0.1, -0.05) is 38.1 Å². The van der Waals surface area contributed by atoms with Crippen molar-refractivity contribution < 1.29 is 9.53 Å². The number of amides is 1. The Morgan fingerprint density at radius 3 is 2.35 bits per heavy atom. The quantitative estimate of drug-likeness (QED) is 0.739. The molecule has 128 valence electrons. The van der Waals surface area contributed by atoms with Crippen LogP contribution >= 0.6 is 0 Å². The topological polar surface area (TPSA) is 29.5 Å². The van der Waals surface area contributed by atoms with Crippen LogP contribution in [0.15, 0.2) is 24.3 Å². The maximum absolute atomic E-state index is 12.2. The molecular formula is C20H31NO2. The van der Waals surface area contributed by atoms with E-state index in [2.05, 4.69) is 38.1 Å². The largest absolute Gasteiger partial charge is 0.444 e. The number of hydrogen-bond donors (Lipinski definition) is 0. The molecule has 23 heavy (non-hydrogen) atoms. The summed E-state index contributed by atoms with van der Waals surface area (Å²) in [5.74, 6) is 1.12. The van der Waals surface area contributed by atoms with Crippen LogP contribution in [0.3, 0.4) is 0 Å². The zero-order valence-corrected chi connectivity index (χ0v) is 15.3. The Hall–Kier alpha value is -1.51. The number of hydrogen-bond acceptors (Lipinski definition) is 2. The van der Waals surface area contributed by atoms with Crippen molar-refractivity contribution in [1.29, 1.82) is 0 Å². The van der Waals surface area contributed by atoms with E-state index in [1.165, 1.54) is 11.1 Å². The maximum atomic E-state index is 12.2. The molecule has 1 heterocycles. The van der Waals surface area contributed by atoms with Crippen LogP contribution in [0.5, 0.6) is 0 Å². The molecule has 1 atom stereocenters. The summed E-state index contributed by atoms with van der Waals surface area (Å²) in [7, 11) is 0. The minimum atomic E-state index is -0.421. The third kappa shape index (κ3) is 5.26. The highest BCUT2D eigenvalue weighted by Crippen LogP contribution is 2.29.